The van der Waals surface area contributed by atoms with Gasteiger partial charge in [0.25, 0.3) is 0 Å². The molecule has 0 spiro atoms. The molecule has 96 valence electrons. The van der Waals surface area contributed by atoms with Crippen LogP contribution in [0.2, 0.25) is 5.02 Å². The van der Waals surface area contributed by atoms with Gasteiger partial charge in [-0.3, -0.25) is 0 Å². The minimum atomic E-state index is 0.0779. The molecule has 0 aliphatic heterocycles. The maximum absolute atomic E-state index is 6.08. The molecule has 0 bridgehead atoms. The number of benzene rings is 1. The zero-order valence-corrected chi connectivity index (χ0v) is 11.7. The van der Waals surface area contributed by atoms with Crippen molar-refractivity contribution in [1.29, 1.82) is 0 Å². The summed E-state index contributed by atoms with van der Waals surface area (Å²) in [6.45, 7) is 7.22. The molecule has 1 heterocycles. The molecular formula is C14H18ClN3. The molecule has 1 aromatic heterocycles. The first-order chi connectivity index (χ1) is 8.46. The van der Waals surface area contributed by atoms with Crippen molar-refractivity contribution in [3.63, 3.8) is 0 Å². The van der Waals surface area contributed by atoms with Crippen molar-refractivity contribution in [2.75, 3.05) is 0 Å². The summed E-state index contributed by atoms with van der Waals surface area (Å²) in [6.07, 6.45) is 5.50. The van der Waals surface area contributed by atoms with E-state index >= 15 is 0 Å². The van der Waals surface area contributed by atoms with Gasteiger partial charge in [0.05, 0.1) is 12.0 Å². The van der Waals surface area contributed by atoms with Crippen molar-refractivity contribution in [3.05, 3.63) is 47.5 Å². The van der Waals surface area contributed by atoms with Gasteiger partial charge in [-0.2, -0.15) is 0 Å². The quantitative estimate of drug-likeness (QED) is 0.920. The molecule has 0 amide bonds. The molecule has 1 N–H and O–H groups in total. The van der Waals surface area contributed by atoms with E-state index in [0.717, 1.165) is 22.8 Å². The maximum atomic E-state index is 6.08. The van der Waals surface area contributed by atoms with E-state index in [2.05, 4.69) is 31.1 Å². The molecule has 2 aromatic rings. The summed E-state index contributed by atoms with van der Waals surface area (Å²) in [4.78, 5) is 4.08. The Bertz CT molecular complexity index is 512. The smallest absolute Gasteiger partial charge is 0.0991 e. The first-order valence-electron chi connectivity index (χ1n) is 5.97. The molecule has 3 nitrogen and oxygen atoms in total. The average Bonchev–Trinajstić information content (AvgIpc) is 2.79. The van der Waals surface area contributed by atoms with Gasteiger partial charge in [-0.05, 0) is 44.5 Å². The van der Waals surface area contributed by atoms with Crippen LogP contribution in [-0.4, -0.2) is 15.1 Å². The summed E-state index contributed by atoms with van der Waals surface area (Å²) in [5, 5.41) is 4.23. The Balaban J connectivity index is 2.30. The van der Waals surface area contributed by atoms with Crippen LogP contribution in [0.5, 0.6) is 0 Å². The van der Waals surface area contributed by atoms with Crippen LogP contribution in [0.1, 0.15) is 26.3 Å². The van der Waals surface area contributed by atoms with E-state index in [1.54, 1.807) is 12.5 Å². The Morgan fingerprint density at radius 2 is 2.11 bits per heavy atom. The SMILES string of the molecule is CC(C)(C)NCc1cc(Cl)ccc1-n1ccnc1. The minimum absolute atomic E-state index is 0.0779. The van der Waals surface area contributed by atoms with Crippen LogP contribution in [0.15, 0.2) is 36.9 Å². The van der Waals surface area contributed by atoms with Crippen LogP contribution in [0, 0.1) is 0 Å². The molecule has 0 aliphatic rings. The number of aromatic nitrogens is 2. The third kappa shape index (κ3) is 3.34. The van der Waals surface area contributed by atoms with Gasteiger partial charge in [-0.15, -0.1) is 0 Å². The van der Waals surface area contributed by atoms with Gasteiger partial charge in [0.15, 0.2) is 0 Å². The van der Waals surface area contributed by atoms with Crippen molar-refractivity contribution < 1.29 is 0 Å². The highest BCUT2D eigenvalue weighted by Crippen LogP contribution is 2.20. The van der Waals surface area contributed by atoms with Gasteiger partial charge < -0.3 is 9.88 Å². The Morgan fingerprint density at radius 1 is 1.33 bits per heavy atom. The van der Waals surface area contributed by atoms with Crippen LogP contribution in [0.4, 0.5) is 0 Å². The van der Waals surface area contributed by atoms with Crippen molar-refractivity contribution in [3.8, 4) is 5.69 Å². The molecule has 18 heavy (non-hydrogen) atoms. The molecule has 0 unspecified atom stereocenters. The normalized spacial score (nSPS) is 11.8. The van der Waals surface area contributed by atoms with E-state index < -0.39 is 0 Å². The highest BCUT2D eigenvalue weighted by molar-refractivity contribution is 6.30. The number of nitrogens with one attached hydrogen (secondary N) is 1. The molecule has 2 rings (SSSR count). The number of rotatable bonds is 3. The highest BCUT2D eigenvalue weighted by atomic mass is 35.5. The zero-order valence-electron chi connectivity index (χ0n) is 10.9. The monoisotopic (exact) mass is 263 g/mol. The predicted molar refractivity (Wildman–Crippen MR) is 75.2 cm³/mol. The first-order valence-corrected chi connectivity index (χ1v) is 6.35. The Morgan fingerprint density at radius 3 is 2.72 bits per heavy atom. The molecular weight excluding hydrogens is 246 g/mol. The van der Waals surface area contributed by atoms with Crippen LogP contribution in [0.3, 0.4) is 0 Å². The van der Waals surface area contributed by atoms with Crippen LogP contribution < -0.4 is 5.32 Å². The molecule has 0 saturated carbocycles. The summed E-state index contributed by atoms with van der Waals surface area (Å²) >= 11 is 6.08. The molecule has 4 heteroatoms. The Hall–Kier alpha value is -1.32. The fourth-order valence-corrected chi connectivity index (χ4v) is 1.90. The molecule has 0 radical (unpaired) electrons. The van der Waals surface area contributed by atoms with Crippen LogP contribution in [0.25, 0.3) is 5.69 Å². The summed E-state index contributed by atoms with van der Waals surface area (Å²) in [6, 6.07) is 5.91. The largest absolute Gasteiger partial charge is 0.308 e. The highest BCUT2D eigenvalue weighted by Gasteiger charge is 2.11. The van der Waals surface area contributed by atoms with E-state index in [9.17, 15) is 0 Å². The second-order valence-corrected chi connectivity index (χ2v) is 5.78. The number of hydrogen-bond donors (Lipinski definition) is 1. The van der Waals surface area contributed by atoms with E-state index in [4.69, 9.17) is 11.6 Å². The number of nitrogens with zero attached hydrogens (tertiary/aromatic N) is 2. The van der Waals surface area contributed by atoms with Crippen molar-refractivity contribution >= 4 is 11.6 Å². The summed E-state index contributed by atoms with van der Waals surface area (Å²) in [7, 11) is 0. The first kappa shape index (κ1) is 13.1. The molecule has 0 atom stereocenters. The summed E-state index contributed by atoms with van der Waals surface area (Å²) < 4.78 is 2.00. The molecule has 1 aromatic carbocycles. The number of hydrogen-bond acceptors (Lipinski definition) is 2. The van der Waals surface area contributed by atoms with Gasteiger partial charge in [-0.25, -0.2) is 4.98 Å². The minimum Gasteiger partial charge on any atom is -0.308 e. The number of halogens is 1. The zero-order chi connectivity index (χ0) is 13.2. The van der Waals surface area contributed by atoms with E-state index in [0.29, 0.717) is 0 Å². The van der Waals surface area contributed by atoms with Gasteiger partial charge in [-0.1, -0.05) is 11.6 Å². The van der Waals surface area contributed by atoms with E-state index in [1.165, 1.54) is 0 Å². The van der Waals surface area contributed by atoms with Gasteiger partial charge in [0.2, 0.25) is 0 Å². The fourth-order valence-electron chi connectivity index (χ4n) is 1.71. The second kappa shape index (κ2) is 5.12. The molecule has 0 fully saturated rings. The lowest BCUT2D eigenvalue weighted by atomic mass is 10.1. The van der Waals surface area contributed by atoms with Crippen molar-refractivity contribution in [2.45, 2.75) is 32.9 Å². The van der Waals surface area contributed by atoms with E-state index in [-0.39, 0.29) is 5.54 Å². The Kier molecular flexibility index (Phi) is 3.73. The third-order valence-corrected chi connectivity index (χ3v) is 2.87. The average molecular weight is 264 g/mol. The topological polar surface area (TPSA) is 29.9 Å². The maximum Gasteiger partial charge on any atom is 0.0991 e. The molecule has 0 saturated heterocycles. The fraction of sp³-hybridized carbons (Fsp3) is 0.357. The lowest BCUT2D eigenvalue weighted by Crippen LogP contribution is -2.35. The predicted octanol–water partition coefficient (Wildman–Crippen LogP) is 3.41. The van der Waals surface area contributed by atoms with Gasteiger partial charge in [0.1, 0.15) is 0 Å². The van der Waals surface area contributed by atoms with Gasteiger partial charge >= 0.3 is 0 Å². The molecule has 0 aliphatic carbocycles. The second-order valence-electron chi connectivity index (χ2n) is 5.35. The van der Waals surface area contributed by atoms with E-state index in [1.807, 2.05) is 29.0 Å². The van der Waals surface area contributed by atoms with Crippen molar-refractivity contribution in [1.82, 2.24) is 14.9 Å². The summed E-state index contributed by atoms with van der Waals surface area (Å²) in [5.74, 6) is 0. The van der Waals surface area contributed by atoms with Crippen LogP contribution >= 0.6 is 11.6 Å². The lowest BCUT2D eigenvalue weighted by Gasteiger charge is -2.22. The van der Waals surface area contributed by atoms with Crippen molar-refractivity contribution in [2.24, 2.45) is 0 Å². The standard InChI is InChI=1S/C14H18ClN3/c1-14(2,3)17-9-11-8-12(15)4-5-13(11)18-7-6-16-10-18/h4-8,10,17H,9H2,1-3H3. The third-order valence-electron chi connectivity index (χ3n) is 2.63. The Labute approximate surface area is 113 Å². The van der Waals surface area contributed by atoms with Crippen LogP contribution in [-0.2, 0) is 6.54 Å². The van der Waals surface area contributed by atoms with Gasteiger partial charge in [0, 0.05) is 29.5 Å². The number of imidazole rings is 1. The summed E-state index contributed by atoms with van der Waals surface area (Å²) in [5.41, 5.74) is 2.35. The lowest BCUT2D eigenvalue weighted by molar-refractivity contribution is 0.424.